The molecule has 224 valence electrons. The fourth-order valence-electron chi connectivity index (χ4n) is 5.52. The van der Waals surface area contributed by atoms with E-state index < -0.39 is 11.9 Å². The van der Waals surface area contributed by atoms with Crippen LogP contribution in [0, 0.1) is 0 Å². The Morgan fingerprint density at radius 2 is 1.13 bits per heavy atom. The quantitative estimate of drug-likeness (QED) is 0.0463. The van der Waals surface area contributed by atoms with Gasteiger partial charge in [0.2, 0.25) is 6.79 Å². The zero-order valence-corrected chi connectivity index (χ0v) is 24.7. The van der Waals surface area contributed by atoms with Crippen molar-refractivity contribution in [2.45, 2.75) is 0 Å². The molecule has 0 unspecified atom stereocenters. The summed E-state index contributed by atoms with van der Waals surface area (Å²) in [5, 5.41) is 6.80. The number of rotatable bonds is 12. The Labute approximate surface area is 260 Å². The van der Waals surface area contributed by atoms with Gasteiger partial charge in [0.05, 0.1) is 7.11 Å². The number of esters is 2. The van der Waals surface area contributed by atoms with Gasteiger partial charge in [0.25, 0.3) is 0 Å². The largest absolute Gasteiger partial charge is 0.497 e. The molecule has 7 nitrogen and oxygen atoms in total. The summed E-state index contributed by atoms with van der Waals surface area (Å²) >= 11 is 0. The number of benzene rings is 6. The average molecular weight is 599 g/mol. The maximum absolute atomic E-state index is 11.4. The molecule has 45 heavy (non-hydrogen) atoms. The van der Waals surface area contributed by atoms with Gasteiger partial charge in [0, 0.05) is 12.2 Å². The van der Waals surface area contributed by atoms with Gasteiger partial charge in [-0.2, -0.15) is 0 Å². The van der Waals surface area contributed by atoms with E-state index in [0.717, 1.165) is 61.7 Å². The summed E-state index contributed by atoms with van der Waals surface area (Å²) in [6.07, 6.45) is 2.22. The molecular weight excluding hydrogens is 568 g/mol. The molecule has 0 saturated carbocycles. The first kappa shape index (κ1) is 29.3. The number of carbonyl (C=O) groups is 2. The molecule has 6 rings (SSSR count). The van der Waals surface area contributed by atoms with Crippen molar-refractivity contribution in [3.05, 3.63) is 116 Å². The number of methoxy groups -OCH3 is 1. The van der Waals surface area contributed by atoms with Crippen LogP contribution in [0.5, 0.6) is 17.2 Å². The zero-order chi connectivity index (χ0) is 31.3. The summed E-state index contributed by atoms with van der Waals surface area (Å²) in [6, 6.07) is 30.6. The van der Waals surface area contributed by atoms with Crippen molar-refractivity contribution in [2.75, 3.05) is 27.1 Å². The van der Waals surface area contributed by atoms with Crippen LogP contribution in [0.4, 0.5) is 0 Å². The van der Waals surface area contributed by atoms with Crippen LogP contribution >= 0.6 is 0 Å². The first-order valence-corrected chi connectivity index (χ1v) is 14.3. The fourth-order valence-corrected chi connectivity index (χ4v) is 5.52. The van der Waals surface area contributed by atoms with E-state index in [1.165, 1.54) is 10.8 Å². The Morgan fingerprint density at radius 1 is 0.600 bits per heavy atom. The van der Waals surface area contributed by atoms with Gasteiger partial charge in [-0.25, -0.2) is 9.59 Å². The van der Waals surface area contributed by atoms with Gasteiger partial charge in [-0.3, -0.25) is 0 Å². The minimum absolute atomic E-state index is 0.138. The second kappa shape index (κ2) is 12.8. The van der Waals surface area contributed by atoms with E-state index in [1.807, 2.05) is 48.5 Å². The average Bonchev–Trinajstić information content (AvgIpc) is 3.09. The van der Waals surface area contributed by atoms with Crippen LogP contribution in [-0.2, 0) is 19.1 Å². The Hall–Kier alpha value is -5.82. The van der Waals surface area contributed by atoms with Crippen molar-refractivity contribution in [1.29, 1.82) is 0 Å². The Kier molecular flexibility index (Phi) is 8.33. The standard InChI is InChI=1S/C38H30O7/c1-4-35(39)43-19-18-42-28-12-6-24(7-13-28)33-22-34(25-8-14-29(15-9-25)44-23-45-36(40)5-2)32-17-11-27-21-30(41-3)20-26-10-16-31(33)38(32)37(26)27/h4-17,20-22H,1-2,18-19,23H2,3H3. The zero-order valence-electron chi connectivity index (χ0n) is 24.7. The molecule has 0 atom stereocenters. The van der Waals surface area contributed by atoms with E-state index in [9.17, 15) is 9.59 Å². The topological polar surface area (TPSA) is 80.3 Å². The molecule has 0 N–H and O–H groups in total. The molecule has 0 aromatic heterocycles. The van der Waals surface area contributed by atoms with Crippen LogP contribution in [0.1, 0.15) is 0 Å². The molecule has 0 heterocycles. The first-order chi connectivity index (χ1) is 22.0. The van der Waals surface area contributed by atoms with Gasteiger partial charge in [0.1, 0.15) is 30.5 Å². The molecule has 0 aliphatic carbocycles. The molecule has 0 radical (unpaired) electrons. The maximum atomic E-state index is 11.4. The molecule has 0 aliphatic rings. The summed E-state index contributed by atoms with van der Waals surface area (Å²) in [5.74, 6) is 1.04. The number of carbonyl (C=O) groups excluding carboxylic acids is 2. The summed E-state index contributed by atoms with van der Waals surface area (Å²) in [7, 11) is 1.68. The van der Waals surface area contributed by atoms with E-state index in [4.69, 9.17) is 23.7 Å². The van der Waals surface area contributed by atoms with Crippen molar-refractivity contribution in [2.24, 2.45) is 0 Å². The summed E-state index contributed by atoms with van der Waals surface area (Å²) < 4.78 is 26.9. The number of hydrogen-bond acceptors (Lipinski definition) is 7. The first-order valence-electron chi connectivity index (χ1n) is 14.3. The van der Waals surface area contributed by atoms with E-state index in [1.54, 1.807) is 7.11 Å². The highest BCUT2D eigenvalue weighted by atomic mass is 16.7. The van der Waals surface area contributed by atoms with Crippen molar-refractivity contribution in [1.82, 2.24) is 0 Å². The lowest BCUT2D eigenvalue weighted by Gasteiger charge is -2.19. The summed E-state index contributed by atoms with van der Waals surface area (Å²) in [6.45, 7) is 6.97. The lowest BCUT2D eigenvalue weighted by molar-refractivity contribution is -0.144. The van der Waals surface area contributed by atoms with Crippen LogP contribution in [0.15, 0.2) is 116 Å². The molecule has 0 amide bonds. The van der Waals surface area contributed by atoms with Crippen molar-refractivity contribution >= 4 is 44.3 Å². The molecule has 0 saturated heterocycles. The second-order valence-corrected chi connectivity index (χ2v) is 10.2. The van der Waals surface area contributed by atoms with Gasteiger partial charge >= 0.3 is 11.9 Å². The summed E-state index contributed by atoms with van der Waals surface area (Å²) in [5.41, 5.74) is 4.18. The molecule has 6 aromatic rings. The minimum atomic E-state index is -0.543. The monoisotopic (exact) mass is 598 g/mol. The normalized spacial score (nSPS) is 11.0. The molecule has 0 bridgehead atoms. The molecule has 0 aliphatic heterocycles. The molecule has 6 aromatic carbocycles. The number of hydrogen-bond donors (Lipinski definition) is 0. The molecule has 7 heteroatoms. The molecule has 0 spiro atoms. The Morgan fingerprint density at radius 3 is 1.67 bits per heavy atom. The predicted molar refractivity (Wildman–Crippen MR) is 176 cm³/mol. The molecule has 0 fully saturated rings. The van der Waals surface area contributed by atoms with Crippen LogP contribution in [0.3, 0.4) is 0 Å². The third-order valence-electron chi connectivity index (χ3n) is 7.61. The van der Waals surface area contributed by atoms with Crippen molar-refractivity contribution in [3.63, 3.8) is 0 Å². The van der Waals surface area contributed by atoms with Crippen LogP contribution < -0.4 is 14.2 Å². The van der Waals surface area contributed by atoms with Gasteiger partial charge in [-0.05, 0) is 97.0 Å². The molecular formula is C38H30O7. The highest BCUT2D eigenvalue weighted by Crippen LogP contribution is 2.45. The van der Waals surface area contributed by atoms with Gasteiger partial charge in [0.15, 0.2) is 0 Å². The predicted octanol–water partition coefficient (Wildman–Crippen LogP) is 8.10. The lowest BCUT2D eigenvalue weighted by atomic mass is 9.85. The van der Waals surface area contributed by atoms with E-state index >= 15 is 0 Å². The van der Waals surface area contributed by atoms with Crippen molar-refractivity contribution in [3.8, 4) is 39.5 Å². The highest BCUT2D eigenvalue weighted by Gasteiger charge is 2.17. The maximum Gasteiger partial charge on any atom is 0.333 e. The Balaban J connectivity index is 1.41. The van der Waals surface area contributed by atoms with Crippen LogP contribution in [0.2, 0.25) is 0 Å². The van der Waals surface area contributed by atoms with Gasteiger partial charge < -0.3 is 23.7 Å². The SMILES string of the molecule is C=CC(=O)OCCOc1ccc(-c2cc(-c3ccc(OCOC(=O)C=C)cc3)c3ccc4cc(OC)cc5ccc2c3c54)cc1. The highest BCUT2D eigenvalue weighted by molar-refractivity contribution is 6.28. The van der Waals surface area contributed by atoms with Crippen LogP contribution in [0.25, 0.3) is 54.6 Å². The summed E-state index contributed by atoms with van der Waals surface area (Å²) in [4.78, 5) is 22.6. The fraction of sp³-hybridized carbons (Fsp3) is 0.105. The van der Waals surface area contributed by atoms with E-state index in [2.05, 4.69) is 55.6 Å². The second-order valence-electron chi connectivity index (χ2n) is 10.2. The number of ether oxygens (including phenoxy) is 5. The van der Waals surface area contributed by atoms with Crippen molar-refractivity contribution < 1.29 is 33.3 Å². The van der Waals surface area contributed by atoms with Gasteiger partial charge in [-0.15, -0.1) is 0 Å². The minimum Gasteiger partial charge on any atom is -0.497 e. The third-order valence-corrected chi connectivity index (χ3v) is 7.61. The van der Waals surface area contributed by atoms with E-state index in [-0.39, 0.29) is 20.0 Å². The van der Waals surface area contributed by atoms with Crippen LogP contribution in [-0.4, -0.2) is 39.1 Å². The lowest BCUT2D eigenvalue weighted by Crippen LogP contribution is -2.10. The third kappa shape index (κ3) is 6.01. The Bertz CT molecular complexity index is 2010. The smallest absolute Gasteiger partial charge is 0.333 e. The van der Waals surface area contributed by atoms with Gasteiger partial charge in [-0.1, -0.05) is 61.7 Å². The van der Waals surface area contributed by atoms with E-state index in [0.29, 0.717) is 11.5 Å².